The molecular weight excluding hydrogens is 804 g/mol. The van der Waals surface area contributed by atoms with Crippen molar-refractivity contribution in [2.45, 2.75) is 81.7 Å². The molecule has 0 heterocycles. The molecule has 7 aromatic carbocycles. The summed E-state index contributed by atoms with van der Waals surface area (Å²) in [6.07, 6.45) is 4.82. The van der Waals surface area contributed by atoms with E-state index in [1.54, 1.807) is 32.6 Å². The van der Waals surface area contributed by atoms with Gasteiger partial charge in [0.1, 0.15) is 0 Å². The predicted molar refractivity (Wildman–Crippen MR) is 252 cm³/mol. The Balaban J connectivity index is 1.26. The van der Waals surface area contributed by atoms with E-state index in [4.69, 9.17) is 0 Å². The summed E-state index contributed by atoms with van der Waals surface area (Å²) in [5.74, 6) is -1.25. The Hall–Kier alpha value is -4.62. The van der Waals surface area contributed by atoms with E-state index in [0.717, 1.165) is 12.8 Å². The first kappa shape index (κ1) is 39.8. The summed E-state index contributed by atoms with van der Waals surface area (Å²) in [5.41, 5.74) is 20.3. The molecule has 0 aliphatic heterocycles. The van der Waals surface area contributed by atoms with Gasteiger partial charge in [0.25, 0.3) is 0 Å². The molecule has 2 unspecified atom stereocenters. The van der Waals surface area contributed by atoms with Gasteiger partial charge in [-0.2, -0.15) is 0 Å². The summed E-state index contributed by atoms with van der Waals surface area (Å²) in [7, 11) is 0. The van der Waals surface area contributed by atoms with Crippen molar-refractivity contribution in [2.24, 2.45) is 0 Å². The van der Waals surface area contributed by atoms with Crippen molar-refractivity contribution in [3.63, 3.8) is 0 Å². The molecule has 0 saturated carbocycles. The molecule has 2 aliphatic rings. The van der Waals surface area contributed by atoms with Crippen LogP contribution in [0.5, 0.6) is 0 Å². The van der Waals surface area contributed by atoms with Gasteiger partial charge in [-0.25, -0.2) is 0 Å². The number of fused-ring (bicyclic) bond motifs is 4. The number of hydrogen-bond acceptors (Lipinski definition) is 0. The summed E-state index contributed by atoms with van der Waals surface area (Å²) in [6, 6.07) is 63.3. The van der Waals surface area contributed by atoms with Gasteiger partial charge in [0.05, 0.1) is 0 Å². The standard InChI is InChI=1S/C45H45.C12H11Si.Zr/c1-8-13-33-25-39-36(31-20-18-30(19-21-31)29-14-10-9-11-15-29)16-12-17-37(39)43(33)42-28-35(45(5,6)7)27-41-38-26-34(44(2,3)4)23-22-32(38)24-40(41)42;1-3-7-11(8-4-1)13-12-9-5-2-6-10-12;/h9-12,14-28,43H,8,13H2,1-7H3;1-10,13H;. The van der Waals surface area contributed by atoms with Crippen LogP contribution in [0.15, 0.2) is 169 Å². The third-order valence-electron chi connectivity index (χ3n) is 12.8. The van der Waals surface area contributed by atoms with Crippen LogP contribution in [0.3, 0.4) is 0 Å². The maximum atomic E-state index is 2.67. The third kappa shape index (κ3) is 7.69. The zero-order valence-electron chi connectivity index (χ0n) is 35.8. The Kier molecular flexibility index (Phi) is 10.9. The van der Waals surface area contributed by atoms with Gasteiger partial charge in [-0.15, -0.1) is 0 Å². The van der Waals surface area contributed by atoms with E-state index in [-0.39, 0.29) is 16.7 Å². The molecule has 2 aliphatic carbocycles. The fraction of sp³-hybridized carbons (Fsp3) is 0.228. The van der Waals surface area contributed by atoms with Gasteiger partial charge in [0.2, 0.25) is 0 Å². The summed E-state index contributed by atoms with van der Waals surface area (Å²) in [4.78, 5) is 0. The molecule has 0 aromatic heterocycles. The Morgan fingerprint density at radius 2 is 1.07 bits per heavy atom. The van der Waals surface area contributed by atoms with Crippen LogP contribution in [0.1, 0.15) is 110 Å². The van der Waals surface area contributed by atoms with Gasteiger partial charge >= 0.3 is 338 Å². The van der Waals surface area contributed by atoms with Crippen molar-refractivity contribution >= 4 is 22.4 Å². The Morgan fingerprint density at radius 1 is 0.492 bits per heavy atom. The number of hydrogen-bond donors (Lipinski definition) is 0. The molecule has 0 bridgehead atoms. The normalized spacial score (nSPS) is 15.8. The topological polar surface area (TPSA) is 0 Å². The molecule has 9 rings (SSSR count). The van der Waals surface area contributed by atoms with Gasteiger partial charge in [-0.3, -0.25) is 0 Å². The minimum atomic E-state index is -1.48. The summed E-state index contributed by atoms with van der Waals surface area (Å²) in [6.45, 7) is 16.7. The van der Waals surface area contributed by atoms with E-state index >= 15 is 0 Å². The van der Waals surface area contributed by atoms with Crippen LogP contribution < -0.4 is 10.4 Å². The summed E-state index contributed by atoms with van der Waals surface area (Å²) < 4.78 is 0.472. The van der Waals surface area contributed by atoms with Crippen LogP contribution in [-0.4, -0.2) is 5.92 Å². The first-order valence-electron chi connectivity index (χ1n) is 21.7. The third-order valence-corrected chi connectivity index (χ3v) is 26.9. The van der Waals surface area contributed by atoms with Crippen LogP contribution in [0.4, 0.5) is 0 Å². The number of rotatable bonds is 9. The molecule has 0 fully saturated rings. The average Bonchev–Trinajstić information content (AvgIpc) is 3.77. The van der Waals surface area contributed by atoms with E-state index in [0.29, 0.717) is 3.63 Å². The molecule has 0 radical (unpaired) electrons. The second kappa shape index (κ2) is 16.1. The van der Waals surface area contributed by atoms with Crippen LogP contribution in [0, 0.1) is 0 Å². The molecule has 0 amide bonds. The van der Waals surface area contributed by atoms with Gasteiger partial charge in [-0.05, 0) is 0 Å². The van der Waals surface area contributed by atoms with Crippen molar-refractivity contribution < 1.29 is 22.4 Å². The van der Waals surface area contributed by atoms with Crippen LogP contribution >= 0.6 is 0 Å². The molecule has 0 nitrogen and oxygen atoms in total. The van der Waals surface area contributed by atoms with E-state index in [9.17, 15) is 0 Å². The minimum absolute atomic E-state index is 0.00738. The molecule has 0 saturated heterocycles. The van der Waals surface area contributed by atoms with Crippen molar-refractivity contribution in [1.29, 1.82) is 0 Å². The SMILES string of the molecule is CCCC1=Cc2c(-c3ccc(-c4ccccc4)cc3)cccc2C1c1cc(C(C)(C)C)cc2c1[CH]([Zr][SiH](c1ccccc1)c1ccccc1)c1ccc(C(C)(C)C)cc1-2. The first-order valence-corrected chi connectivity index (χ1v) is 29.1. The Morgan fingerprint density at radius 3 is 1.68 bits per heavy atom. The van der Waals surface area contributed by atoms with Crippen molar-refractivity contribution in [3.8, 4) is 33.4 Å². The summed E-state index contributed by atoms with van der Waals surface area (Å²) in [5, 5.41) is 3.19. The van der Waals surface area contributed by atoms with Crippen LogP contribution in [-0.2, 0) is 33.2 Å². The van der Waals surface area contributed by atoms with Crippen molar-refractivity contribution in [1.82, 2.24) is 0 Å². The van der Waals surface area contributed by atoms with Gasteiger partial charge < -0.3 is 0 Å². The fourth-order valence-corrected chi connectivity index (χ4v) is 24.4. The molecule has 292 valence electrons. The molecule has 2 atom stereocenters. The molecule has 2 heteroatoms. The second-order valence-corrected chi connectivity index (χ2v) is 29.5. The Bertz CT molecular complexity index is 2600. The van der Waals surface area contributed by atoms with Gasteiger partial charge in [-0.1, -0.05) is 30.3 Å². The molecule has 0 N–H and O–H groups in total. The van der Waals surface area contributed by atoms with E-state index in [1.807, 2.05) is 0 Å². The molecule has 0 spiro atoms. The predicted octanol–water partition coefficient (Wildman–Crippen LogP) is 13.6. The molecule has 7 aromatic rings. The first-order chi connectivity index (χ1) is 28.5. The van der Waals surface area contributed by atoms with Crippen molar-refractivity contribution in [3.05, 3.63) is 208 Å². The van der Waals surface area contributed by atoms with Crippen LogP contribution in [0.2, 0.25) is 0 Å². The zero-order chi connectivity index (χ0) is 40.9. The van der Waals surface area contributed by atoms with E-state index < -0.39 is 28.3 Å². The second-order valence-electron chi connectivity index (χ2n) is 18.8. The molecular formula is C57H56SiZr. The van der Waals surface area contributed by atoms with E-state index in [2.05, 4.69) is 218 Å². The van der Waals surface area contributed by atoms with Crippen LogP contribution in [0.25, 0.3) is 39.5 Å². The van der Waals surface area contributed by atoms with Gasteiger partial charge in [0, 0.05) is 0 Å². The average molecular weight is 860 g/mol. The monoisotopic (exact) mass is 858 g/mol. The van der Waals surface area contributed by atoms with E-state index in [1.165, 1.54) is 55.6 Å². The Labute approximate surface area is 365 Å². The fourth-order valence-electron chi connectivity index (χ4n) is 9.63. The summed E-state index contributed by atoms with van der Waals surface area (Å²) >= 11 is -1.13. The zero-order valence-corrected chi connectivity index (χ0v) is 39.4. The number of allylic oxidation sites excluding steroid dienone is 1. The van der Waals surface area contributed by atoms with Crippen molar-refractivity contribution in [2.75, 3.05) is 0 Å². The quantitative estimate of drug-likeness (QED) is 0.127. The van der Waals surface area contributed by atoms with Gasteiger partial charge in [0.15, 0.2) is 0 Å². The maximum absolute atomic E-state index is 2.67. The number of benzene rings is 7. The molecule has 59 heavy (non-hydrogen) atoms.